The summed E-state index contributed by atoms with van der Waals surface area (Å²) in [6.45, 7) is 3.19. The van der Waals surface area contributed by atoms with E-state index in [-0.39, 0.29) is 17.9 Å². The lowest BCUT2D eigenvalue weighted by atomic mass is 9.88. The highest BCUT2D eigenvalue weighted by molar-refractivity contribution is 7.15. The Morgan fingerprint density at radius 2 is 2.04 bits per heavy atom. The lowest BCUT2D eigenvalue weighted by Gasteiger charge is -2.34. The van der Waals surface area contributed by atoms with Gasteiger partial charge in [-0.1, -0.05) is 41.7 Å². The number of piperidine rings is 1. The van der Waals surface area contributed by atoms with E-state index >= 15 is 0 Å². The monoisotopic (exact) mass is 360 g/mol. The number of ether oxygens (including phenoxy) is 1. The Hall–Kier alpha value is -1.92. The molecule has 1 aliphatic heterocycles. The number of benzene rings is 1. The van der Waals surface area contributed by atoms with Crippen molar-refractivity contribution in [1.82, 2.24) is 9.88 Å². The van der Waals surface area contributed by atoms with Gasteiger partial charge in [0.1, 0.15) is 4.88 Å². The first-order valence-electron chi connectivity index (χ1n) is 8.61. The second kappa shape index (κ2) is 7.97. The van der Waals surface area contributed by atoms with Gasteiger partial charge in [0, 0.05) is 13.1 Å². The molecule has 2 aromatic rings. The lowest BCUT2D eigenvalue weighted by Crippen LogP contribution is -2.41. The minimum Gasteiger partial charge on any atom is -0.473 e. The molecular formula is C19H24N2O3S. The molecule has 1 aromatic heterocycles. The van der Waals surface area contributed by atoms with Crippen molar-refractivity contribution in [3.63, 3.8) is 0 Å². The van der Waals surface area contributed by atoms with E-state index in [9.17, 15) is 9.90 Å². The molecule has 5 nitrogen and oxygen atoms in total. The van der Waals surface area contributed by atoms with Gasteiger partial charge >= 0.3 is 0 Å². The SMILES string of the molecule is COc1nc(C)c(C(=O)N2CCC([C@@H](O)Cc3ccccc3)CC2)s1. The maximum Gasteiger partial charge on any atom is 0.273 e. The molecule has 1 N–H and O–H groups in total. The molecule has 0 spiro atoms. The summed E-state index contributed by atoms with van der Waals surface area (Å²) in [4.78, 5) is 19.5. The summed E-state index contributed by atoms with van der Waals surface area (Å²) in [5, 5.41) is 11.0. The number of nitrogens with zero attached hydrogens (tertiary/aromatic N) is 2. The van der Waals surface area contributed by atoms with E-state index in [2.05, 4.69) is 4.98 Å². The van der Waals surface area contributed by atoms with Crippen LogP contribution in [-0.4, -0.2) is 47.2 Å². The van der Waals surface area contributed by atoms with E-state index < -0.39 is 0 Å². The minimum absolute atomic E-state index is 0.0225. The van der Waals surface area contributed by atoms with Gasteiger partial charge in [0.2, 0.25) is 0 Å². The van der Waals surface area contributed by atoms with Crippen LogP contribution in [0.1, 0.15) is 33.8 Å². The first-order valence-corrected chi connectivity index (χ1v) is 9.43. The van der Waals surface area contributed by atoms with Crippen molar-refractivity contribution in [1.29, 1.82) is 0 Å². The van der Waals surface area contributed by atoms with Crippen molar-refractivity contribution >= 4 is 17.2 Å². The molecule has 0 radical (unpaired) electrons. The molecule has 1 saturated heterocycles. The van der Waals surface area contributed by atoms with Gasteiger partial charge in [0.15, 0.2) is 0 Å². The Morgan fingerprint density at radius 1 is 1.36 bits per heavy atom. The third kappa shape index (κ3) is 4.19. The molecule has 6 heteroatoms. The zero-order valence-corrected chi connectivity index (χ0v) is 15.5. The number of hydrogen-bond acceptors (Lipinski definition) is 5. The van der Waals surface area contributed by atoms with E-state index in [1.807, 2.05) is 42.2 Å². The van der Waals surface area contributed by atoms with E-state index in [4.69, 9.17) is 4.74 Å². The fourth-order valence-corrected chi connectivity index (χ4v) is 4.16. The van der Waals surface area contributed by atoms with Crippen LogP contribution in [0.4, 0.5) is 0 Å². The van der Waals surface area contributed by atoms with Crippen LogP contribution in [0.15, 0.2) is 30.3 Å². The Bertz CT molecular complexity index is 709. The number of likely N-dealkylation sites (tertiary alicyclic amines) is 1. The molecule has 1 amide bonds. The number of carbonyl (C=O) groups excluding carboxylic acids is 1. The Balaban J connectivity index is 1.56. The molecule has 25 heavy (non-hydrogen) atoms. The number of hydrogen-bond donors (Lipinski definition) is 1. The van der Waals surface area contributed by atoms with Crippen LogP contribution in [0, 0.1) is 12.8 Å². The van der Waals surface area contributed by atoms with Gasteiger partial charge in [-0.15, -0.1) is 0 Å². The summed E-state index contributed by atoms with van der Waals surface area (Å²) in [6.07, 6.45) is 1.97. The highest BCUT2D eigenvalue weighted by Gasteiger charge is 2.29. The number of carbonyl (C=O) groups is 1. The molecule has 0 bridgehead atoms. The van der Waals surface area contributed by atoms with Gasteiger partial charge in [-0.05, 0) is 37.7 Å². The molecule has 3 rings (SSSR count). The summed E-state index contributed by atoms with van der Waals surface area (Å²) in [5.41, 5.74) is 1.87. The molecule has 0 saturated carbocycles. The first kappa shape index (κ1) is 17.9. The van der Waals surface area contributed by atoms with Gasteiger partial charge in [-0.3, -0.25) is 4.79 Å². The zero-order chi connectivity index (χ0) is 17.8. The predicted octanol–water partition coefficient (Wildman–Crippen LogP) is 2.92. The van der Waals surface area contributed by atoms with E-state index in [0.717, 1.165) is 24.1 Å². The Morgan fingerprint density at radius 3 is 2.64 bits per heavy atom. The molecule has 0 unspecified atom stereocenters. The number of aromatic nitrogens is 1. The van der Waals surface area contributed by atoms with Crippen molar-refractivity contribution in [3.8, 4) is 5.19 Å². The number of aliphatic hydroxyl groups is 1. The summed E-state index contributed by atoms with van der Waals surface area (Å²) < 4.78 is 5.12. The quantitative estimate of drug-likeness (QED) is 0.890. The summed E-state index contributed by atoms with van der Waals surface area (Å²) in [7, 11) is 1.56. The molecule has 1 fully saturated rings. The Labute approximate surface area is 152 Å². The molecular weight excluding hydrogens is 336 g/mol. The van der Waals surface area contributed by atoms with Crippen LogP contribution in [0.5, 0.6) is 5.19 Å². The molecule has 1 aromatic carbocycles. The van der Waals surface area contributed by atoms with Gasteiger partial charge in [0.05, 0.1) is 18.9 Å². The molecule has 1 aliphatic rings. The third-order valence-corrected chi connectivity index (χ3v) is 5.91. The normalized spacial score (nSPS) is 16.7. The molecule has 2 heterocycles. The van der Waals surface area contributed by atoms with Gasteiger partial charge in [-0.25, -0.2) is 4.98 Å². The highest BCUT2D eigenvalue weighted by Crippen LogP contribution is 2.28. The lowest BCUT2D eigenvalue weighted by molar-refractivity contribution is 0.0470. The number of aryl methyl sites for hydroxylation is 1. The maximum absolute atomic E-state index is 12.7. The van der Waals surface area contributed by atoms with E-state index in [1.165, 1.54) is 11.3 Å². The van der Waals surface area contributed by atoms with Crippen LogP contribution in [0.2, 0.25) is 0 Å². The summed E-state index contributed by atoms with van der Waals surface area (Å²) in [5.74, 6) is 0.260. The van der Waals surface area contributed by atoms with Crippen LogP contribution in [-0.2, 0) is 6.42 Å². The Kier molecular flexibility index (Phi) is 5.71. The van der Waals surface area contributed by atoms with Crippen LogP contribution >= 0.6 is 11.3 Å². The highest BCUT2D eigenvalue weighted by atomic mass is 32.1. The van der Waals surface area contributed by atoms with Crippen molar-refractivity contribution in [2.45, 2.75) is 32.3 Å². The maximum atomic E-state index is 12.7. The summed E-state index contributed by atoms with van der Waals surface area (Å²) in [6, 6.07) is 10.1. The molecule has 134 valence electrons. The standard InChI is InChI=1S/C19H24N2O3S/c1-13-17(25-19(20-13)24-2)18(23)21-10-8-15(9-11-21)16(22)12-14-6-4-3-5-7-14/h3-7,15-16,22H,8-12H2,1-2H3/t16-/m0/s1. The number of aliphatic hydroxyl groups excluding tert-OH is 1. The summed E-state index contributed by atoms with van der Waals surface area (Å²) >= 11 is 1.30. The van der Waals surface area contributed by atoms with Gasteiger partial charge in [0.25, 0.3) is 11.1 Å². The zero-order valence-electron chi connectivity index (χ0n) is 14.6. The van der Waals surface area contributed by atoms with Gasteiger partial charge in [-0.2, -0.15) is 0 Å². The number of methoxy groups -OCH3 is 1. The number of rotatable bonds is 5. The second-order valence-corrected chi connectivity index (χ2v) is 7.45. The third-order valence-electron chi connectivity index (χ3n) is 4.80. The van der Waals surface area contributed by atoms with Crippen molar-refractivity contribution in [3.05, 3.63) is 46.5 Å². The van der Waals surface area contributed by atoms with Crippen molar-refractivity contribution in [2.24, 2.45) is 5.92 Å². The van der Waals surface area contributed by atoms with Crippen molar-refractivity contribution < 1.29 is 14.6 Å². The second-order valence-electron chi connectivity index (χ2n) is 6.49. The molecule has 1 atom stereocenters. The predicted molar refractivity (Wildman–Crippen MR) is 98.2 cm³/mol. The average molecular weight is 360 g/mol. The smallest absolute Gasteiger partial charge is 0.273 e. The number of amides is 1. The first-order chi connectivity index (χ1) is 12.1. The van der Waals surface area contributed by atoms with E-state index in [1.54, 1.807) is 7.11 Å². The van der Waals surface area contributed by atoms with Crippen molar-refractivity contribution in [2.75, 3.05) is 20.2 Å². The molecule has 0 aliphatic carbocycles. The van der Waals surface area contributed by atoms with E-state index in [0.29, 0.717) is 29.6 Å². The average Bonchev–Trinajstić information content (AvgIpc) is 3.03. The minimum atomic E-state index is -0.357. The number of thiazole rings is 1. The van der Waals surface area contributed by atoms with Crippen LogP contribution in [0.25, 0.3) is 0 Å². The topological polar surface area (TPSA) is 62.7 Å². The fraction of sp³-hybridized carbons (Fsp3) is 0.474. The van der Waals surface area contributed by atoms with Gasteiger partial charge < -0.3 is 14.7 Å². The largest absolute Gasteiger partial charge is 0.473 e. The fourth-order valence-electron chi connectivity index (χ4n) is 3.31. The van der Waals surface area contributed by atoms with Crippen LogP contribution in [0.3, 0.4) is 0 Å². The van der Waals surface area contributed by atoms with Crippen LogP contribution < -0.4 is 4.74 Å².